The summed E-state index contributed by atoms with van der Waals surface area (Å²) in [6.07, 6.45) is 2.49. The standard InChI is InChI=1S/C12H16BrN3O/c13-10-5-8(3-4-9(10)12(15)17)16-6-11(14)7-1-2-7/h3-5,7,11,16H,1-2,6,14H2,(H2,15,17). The number of halogens is 1. The number of hydrogen-bond donors (Lipinski definition) is 3. The number of nitrogens with two attached hydrogens (primary N) is 2. The predicted molar refractivity (Wildman–Crippen MR) is 71.8 cm³/mol. The summed E-state index contributed by atoms with van der Waals surface area (Å²) in [7, 11) is 0. The molecule has 4 nitrogen and oxygen atoms in total. The fourth-order valence-electron chi connectivity index (χ4n) is 1.75. The average Bonchev–Trinajstić information content (AvgIpc) is 3.09. The Morgan fingerprint density at radius 3 is 2.76 bits per heavy atom. The summed E-state index contributed by atoms with van der Waals surface area (Å²) in [5.74, 6) is 0.244. The Morgan fingerprint density at radius 2 is 2.24 bits per heavy atom. The van der Waals surface area contributed by atoms with Crippen molar-refractivity contribution in [1.29, 1.82) is 0 Å². The van der Waals surface area contributed by atoms with E-state index >= 15 is 0 Å². The van der Waals surface area contributed by atoms with Crippen molar-refractivity contribution in [3.05, 3.63) is 28.2 Å². The number of rotatable bonds is 5. The highest BCUT2D eigenvalue weighted by molar-refractivity contribution is 9.10. The molecular formula is C12H16BrN3O. The fourth-order valence-corrected chi connectivity index (χ4v) is 2.33. The van der Waals surface area contributed by atoms with Gasteiger partial charge in [-0.15, -0.1) is 0 Å². The van der Waals surface area contributed by atoms with Gasteiger partial charge in [-0.1, -0.05) is 0 Å². The smallest absolute Gasteiger partial charge is 0.249 e. The second kappa shape index (κ2) is 5.06. The molecule has 1 saturated carbocycles. The fraction of sp³-hybridized carbons (Fsp3) is 0.417. The van der Waals surface area contributed by atoms with Gasteiger partial charge < -0.3 is 16.8 Å². The monoisotopic (exact) mass is 297 g/mol. The molecule has 1 aliphatic carbocycles. The summed E-state index contributed by atoms with van der Waals surface area (Å²) < 4.78 is 0.704. The van der Waals surface area contributed by atoms with E-state index in [-0.39, 0.29) is 6.04 Å². The molecule has 0 spiro atoms. The van der Waals surface area contributed by atoms with Gasteiger partial charge in [0, 0.05) is 22.7 Å². The van der Waals surface area contributed by atoms with E-state index in [1.165, 1.54) is 12.8 Å². The molecule has 17 heavy (non-hydrogen) atoms. The van der Waals surface area contributed by atoms with Crippen LogP contribution in [0.15, 0.2) is 22.7 Å². The van der Waals surface area contributed by atoms with E-state index in [1.54, 1.807) is 6.07 Å². The van der Waals surface area contributed by atoms with Gasteiger partial charge in [0.15, 0.2) is 0 Å². The Labute approximate surface area is 109 Å². The Bertz CT molecular complexity index is 432. The van der Waals surface area contributed by atoms with Gasteiger partial charge in [0.05, 0.1) is 5.56 Å². The van der Waals surface area contributed by atoms with Crippen LogP contribution in [0, 0.1) is 5.92 Å². The molecule has 0 radical (unpaired) electrons. The first kappa shape index (κ1) is 12.4. The number of amides is 1. The van der Waals surface area contributed by atoms with Crippen LogP contribution in [0.5, 0.6) is 0 Å². The first-order valence-electron chi connectivity index (χ1n) is 5.66. The molecule has 1 aromatic rings. The zero-order valence-electron chi connectivity index (χ0n) is 9.45. The Morgan fingerprint density at radius 1 is 1.53 bits per heavy atom. The van der Waals surface area contributed by atoms with Gasteiger partial charge in [-0.05, 0) is 52.9 Å². The maximum Gasteiger partial charge on any atom is 0.249 e. The van der Waals surface area contributed by atoms with E-state index in [1.807, 2.05) is 12.1 Å². The molecule has 1 aromatic carbocycles. The Balaban J connectivity index is 1.97. The second-order valence-corrected chi connectivity index (χ2v) is 5.30. The molecule has 1 unspecified atom stereocenters. The van der Waals surface area contributed by atoms with Gasteiger partial charge in [-0.25, -0.2) is 0 Å². The molecule has 2 rings (SSSR count). The zero-order chi connectivity index (χ0) is 12.4. The third-order valence-corrected chi connectivity index (χ3v) is 3.66. The second-order valence-electron chi connectivity index (χ2n) is 4.44. The minimum atomic E-state index is -0.432. The lowest BCUT2D eigenvalue weighted by Crippen LogP contribution is -2.31. The van der Waals surface area contributed by atoms with Crippen LogP contribution in [0.25, 0.3) is 0 Å². The van der Waals surface area contributed by atoms with Crippen molar-refractivity contribution in [1.82, 2.24) is 0 Å². The first-order chi connectivity index (χ1) is 8.08. The Kier molecular flexibility index (Phi) is 3.69. The highest BCUT2D eigenvalue weighted by Gasteiger charge is 2.27. The third-order valence-electron chi connectivity index (χ3n) is 3.00. The van der Waals surface area contributed by atoms with Crippen molar-refractivity contribution >= 4 is 27.5 Å². The molecule has 0 aromatic heterocycles. The first-order valence-corrected chi connectivity index (χ1v) is 6.46. The maximum absolute atomic E-state index is 11.0. The van der Waals surface area contributed by atoms with Crippen molar-refractivity contribution < 1.29 is 4.79 Å². The van der Waals surface area contributed by atoms with Gasteiger partial charge in [-0.2, -0.15) is 0 Å². The number of anilines is 1. The van der Waals surface area contributed by atoms with Gasteiger partial charge >= 0.3 is 0 Å². The van der Waals surface area contributed by atoms with Crippen LogP contribution in [-0.2, 0) is 0 Å². The quantitative estimate of drug-likeness (QED) is 0.774. The zero-order valence-corrected chi connectivity index (χ0v) is 11.0. The number of primary amides is 1. The number of hydrogen-bond acceptors (Lipinski definition) is 3. The summed E-state index contributed by atoms with van der Waals surface area (Å²) in [6, 6.07) is 5.60. The van der Waals surface area contributed by atoms with E-state index < -0.39 is 5.91 Å². The van der Waals surface area contributed by atoms with Gasteiger partial charge in [0.2, 0.25) is 5.91 Å². The molecule has 1 fully saturated rings. The molecule has 0 bridgehead atoms. The molecule has 5 heteroatoms. The van der Waals surface area contributed by atoms with E-state index in [0.29, 0.717) is 16.0 Å². The molecule has 5 N–H and O–H groups in total. The number of carbonyl (C=O) groups excluding carboxylic acids is 1. The van der Waals surface area contributed by atoms with Crippen molar-refractivity contribution in [3.8, 4) is 0 Å². The summed E-state index contributed by atoms with van der Waals surface area (Å²) in [6.45, 7) is 0.757. The van der Waals surface area contributed by atoms with Crippen LogP contribution in [0.3, 0.4) is 0 Å². The van der Waals surface area contributed by atoms with Gasteiger partial charge in [0.1, 0.15) is 0 Å². The van der Waals surface area contributed by atoms with E-state index in [2.05, 4.69) is 21.2 Å². The van der Waals surface area contributed by atoms with Crippen molar-refractivity contribution in [2.45, 2.75) is 18.9 Å². The number of carbonyl (C=O) groups is 1. The lowest BCUT2D eigenvalue weighted by atomic mass is 10.1. The van der Waals surface area contributed by atoms with Crippen LogP contribution < -0.4 is 16.8 Å². The summed E-state index contributed by atoms with van der Waals surface area (Å²) in [5.41, 5.74) is 12.7. The SMILES string of the molecule is NC(=O)c1ccc(NCC(N)C2CC2)cc1Br. The van der Waals surface area contributed by atoms with E-state index in [9.17, 15) is 4.79 Å². The average molecular weight is 298 g/mol. The van der Waals surface area contributed by atoms with E-state index in [0.717, 1.165) is 12.2 Å². The van der Waals surface area contributed by atoms with Gasteiger partial charge in [-0.3, -0.25) is 4.79 Å². The normalized spacial score (nSPS) is 16.6. The highest BCUT2D eigenvalue weighted by atomic mass is 79.9. The number of benzene rings is 1. The molecule has 0 heterocycles. The molecule has 1 atom stereocenters. The molecule has 1 aliphatic rings. The van der Waals surface area contributed by atoms with Crippen molar-refractivity contribution in [2.24, 2.45) is 17.4 Å². The topological polar surface area (TPSA) is 81.1 Å². The summed E-state index contributed by atoms with van der Waals surface area (Å²) in [5, 5.41) is 3.27. The molecule has 1 amide bonds. The minimum absolute atomic E-state index is 0.213. The largest absolute Gasteiger partial charge is 0.383 e. The Hall–Kier alpha value is -1.07. The van der Waals surface area contributed by atoms with Gasteiger partial charge in [0.25, 0.3) is 0 Å². The van der Waals surface area contributed by atoms with Crippen LogP contribution in [-0.4, -0.2) is 18.5 Å². The summed E-state index contributed by atoms with van der Waals surface area (Å²) in [4.78, 5) is 11.0. The van der Waals surface area contributed by atoms with Crippen molar-refractivity contribution in [2.75, 3.05) is 11.9 Å². The lowest BCUT2D eigenvalue weighted by molar-refractivity contribution is 0.0999. The van der Waals surface area contributed by atoms with Crippen LogP contribution in [0.1, 0.15) is 23.2 Å². The molecule has 92 valence electrons. The van der Waals surface area contributed by atoms with Crippen LogP contribution in [0.4, 0.5) is 5.69 Å². The molecular weight excluding hydrogens is 282 g/mol. The molecule has 0 saturated heterocycles. The van der Waals surface area contributed by atoms with Crippen LogP contribution >= 0.6 is 15.9 Å². The van der Waals surface area contributed by atoms with Crippen LogP contribution in [0.2, 0.25) is 0 Å². The minimum Gasteiger partial charge on any atom is -0.383 e. The predicted octanol–water partition coefficient (Wildman–Crippen LogP) is 1.70. The molecule has 0 aliphatic heterocycles. The number of nitrogens with one attached hydrogen (secondary N) is 1. The highest BCUT2D eigenvalue weighted by Crippen LogP contribution is 2.31. The third kappa shape index (κ3) is 3.20. The lowest BCUT2D eigenvalue weighted by Gasteiger charge is -2.13. The van der Waals surface area contributed by atoms with Crippen molar-refractivity contribution in [3.63, 3.8) is 0 Å². The summed E-state index contributed by atoms with van der Waals surface area (Å²) >= 11 is 3.32. The maximum atomic E-state index is 11.0. The van der Waals surface area contributed by atoms with E-state index in [4.69, 9.17) is 11.5 Å².